The molecule has 2 aromatic carbocycles. The van der Waals surface area contributed by atoms with Crippen LogP contribution in [0.2, 0.25) is 0 Å². The molecule has 2 heterocycles. The van der Waals surface area contributed by atoms with E-state index in [1.54, 1.807) is 25.5 Å². The number of rotatable bonds is 1. The Morgan fingerprint density at radius 1 is 1.03 bits per heavy atom. The molecule has 0 radical (unpaired) electrons. The number of nitrogens with zero attached hydrogens (tertiary/aromatic N) is 2. The summed E-state index contributed by atoms with van der Waals surface area (Å²) in [5.41, 5.74) is 1.50. The lowest BCUT2D eigenvalue weighted by Gasteiger charge is -2.33. The average molecular weight is 424 g/mol. The molecule has 3 aromatic rings. The van der Waals surface area contributed by atoms with Gasteiger partial charge in [-0.25, -0.2) is 4.98 Å². The minimum atomic E-state index is -0.881. The Morgan fingerprint density at radius 2 is 1.68 bits per heavy atom. The second-order valence-corrected chi connectivity index (χ2v) is 6.83. The highest BCUT2D eigenvalue weighted by Gasteiger charge is 2.37. The van der Waals surface area contributed by atoms with Crippen LogP contribution >= 0.6 is 0 Å². The summed E-state index contributed by atoms with van der Waals surface area (Å²) in [6, 6.07) is 15.0. The standard InChI is InChI=1S/C21H21N3O3.2C2H6/c1-14-20(25)23-16-7-5-9-18(11-16)26-17-8-4-6-15(10-17)21(2,27-14)19-12-22-13-24(19)3;2*1-2/h4-14H,1-3H3,(H,23,25);2*1-2H3. The SMILES string of the molecule is CC.CC.CC1OC(C)(c2cncn2C)c2cccc(c2)Oc2cccc(c2)NC1=O. The van der Waals surface area contributed by atoms with Gasteiger partial charge < -0.3 is 19.4 Å². The highest BCUT2D eigenvalue weighted by atomic mass is 16.5. The number of hydrogen-bond donors (Lipinski definition) is 1. The van der Waals surface area contributed by atoms with Gasteiger partial charge in [0.05, 0.1) is 18.2 Å². The predicted molar refractivity (Wildman–Crippen MR) is 124 cm³/mol. The molecule has 0 spiro atoms. The molecule has 6 nitrogen and oxygen atoms in total. The number of carbonyl (C=O) groups is 1. The number of amides is 1. The molecule has 4 bridgehead atoms. The first-order valence-electron chi connectivity index (χ1n) is 10.8. The summed E-state index contributed by atoms with van der Waals surface area (Å²) < 4.78 is 14.2. The minimum absolute atomic E-state index is 0.225. The lowest BCUT2D eigenvalue weighted by Crippen LogP contribution is -2.38. The molecule has 2 unspecified atom stereocenters. The quantitative estimate of drug-likeness (QED) is 0.530. The summed E-state index contributed by atoms with van der Waals surface area (Å²) in [7, 11) is 1.91. The average Bonchev–Trinajstić information content (AvgIpc) is 3.23. The molecule has 31 heavy (non-hydrogen) atoms. The molecule has 2 atom stereocenters. The van der Waals surface area contributed by atoms with Crippen molar-refractivity contribution in [2.75, 3.05) is 5.32 Å². The minimum Gasteiger partial charge on any atom is -0.457 e. The maximum absolute atomic E-state index is 12.7. The maximum atomic E-state index is 12.7. The number of aromatic nitrogens is 2. The maximum Gasteiger partial charge on any atom is 0.253 e. The van der Waals surface area contributed by atoms with Gasteiger partial charge in [0.2, 0.25) is 0 Å². The normalized spacial score (nSPS) is 19.7. The van der Waals surface area contributed by atoms with Crippen molar-refractivity contribution in [3.63, 3.8) is 0 Å². The Balaban J connectivity index is 0.000000807. The van der Waals surface area contributed by atoms with Crippen LogP contribution in [-0.2, 0) is 22.2 Å². The first kappa shape index (κ1) is 24.2. The monoisotopic (exact) mass is 423 g/mol. The zero-order valence-corrected chi connectivity index (χ0v) is 19.5. The third-order valence-corrected chi connectivity index (χ3v) is 4.81. The van der Waals surface area contributed by atoms with Gasteiger partial charge in [-0.15, -0.1) is 0 Å². The largest absolute Gasteiger partial charge is 0.457 e. The molecule has 1 aliphatic heterocycles. The van der Waals surface area contributed by atoms with Gasteiger partial charge in [0, 0.05) is 18.8 Å². The van der Waals surface area contributed by atoms with Crippen LogP contribution in [0.5, 0.6) is 11.5 Å². The van der Waals surface area contributed by atoms with E-state index in [0.717, 1.165) is 11.3 Å². The fourth-order valence-corrected chi connectivity index (χ4v) is 3.37. The number of anilines is 1. The molecule has 6 heteroatoms. The second kappa shape index (κ2) is 10.8. The molecule has 166 valence electrons. The van der Waals surface area contributed by atoms with Gasteiger partial charge in [-0.3, -0.25) is 4.79 Å². The molecule has 0 aliphatic carbocycles. The molecule has 0 saturated carbocycles. The van der Waals surface area contributed by atoms with Crippen LogP contribution in [0.15, 0.2) is 61.1 Å². The molecular weight excluding hydrogens is 390 g/mol. The van der Waals surface area contributed by atoms with Crippen LogP contribution in [0.25, 0.3) is 0 Å². The smallest absolute Gasteiger partial charge is 0.253 e. The van der Waals surface area contributed by atoms with Gasteiger partial charge in [-0.2, -0.15) is 0 Å². The number of fused-ring (bicyclic) bond motifs is 4. The van der Waals surface area contributed by atoms with E-state index < -0.39 is 11.7 Å². The first-order chi connectivity index (χ1) is 15.0. The Morgan fingerprint density at radius 3 is 2.32 bits per heavy atom. The number of hydrogen-bond acceptors (Lipinski definition) is 4. The van der Waals surface area contributed by atoms with E-state index in [1.165, 1.54) is 0 Å². The topological polar surface area (TPSA) is 65.4 Å². The molecule has 1 amide bonds. The number of imidazole rings is 1. The number of nitrogens with one attached hydrogen (secondary N) is 1. The van der Waals surface area contributed by atoms with Crippen LogP contribution in [0.4, 0.5) is 5.69 Å². The highest BCUT2D eigenvalue weighted by molar-refractivity contribution is 5.94. The van der Waals surface area contributed by atoms with E-state index in [9.17, 15) is 4.79 Å². The summed E-state index contributed by atoms with van der Waals surface area (Å²) >= 11 is 0. The zero-order valence-electron chi connectivity index (χ0n) is 19.5. The predicted octanol–water partition coefficient (Wildman–Crippen LogP) is 5.89. The summed E-state index contributed by atoms with van der Waals surface area (Å²) in [6.07, 6.45) is 2.79. The van der Waals surface area contributed by atoms with Crippen molar-refractivity contribution >= 4 is 11.6 Å². The first-order valence-corrected chi connectivity index (χ1v) is 10.8. The van der Waals surface area contributed by atoms with Crippen molar-refractivity contribution < 1.29 is 14.3 Å². The van der Waals surface area contributed by atoms with Gasteiger partial charge in [0.15, 0.2) is 0 Å². The molecule has 4 rings (SSSR count). The van der Waals surface area contributed by atoms with Gasteiger partial charge in [0.1, 0.15) is 23.2 Å². The fourth-order valence-electron chi connectivity index (χ4n) is 3.37. The van der Waals surface area contributed by atoms with Gasteiger partial charge >= 0.3 is 0 Å². The van der Waals surface area contributed by atoms with E-state index in [2.05, 4.69) is 10.3 Å². The number of aryl methyl sites for hydroxylation is 1. The lowest BCUT2D eigenvalue weighted by molar-refractivity contribution is -0.135. The van der Waals surface area contributed by atoms with Crippen molar-refractivity contribution in [3.8, 4) is 11.5 Å². The van der Waals surface area contributed by atoms with Gasteiger partial charge in [-0.1, -0.05) is 45.9 Å². The summed E-state index contributed by atoms with van der Waals surface area (Å²) in [6.45, 7) is 11.7. The van der Waals surface area contributed by atoms with E-state index in [0.29, 0.717) is 17.2 Å². The molecule has 1 aliphatic rings. The highest BCUT2D eigenvalue weighted by Crippen LogP contribution is 2.37. The molecular formula is C25H33N3O3. The van der Waals surface area contributed by atoms with Crippen molar-refractivity contribution in [1.29, 1.82) is 0 Å². The van der Waals surface area contributed by atoms with E-state index in [1.807, 2.05) is 88.7 Å². The van der Waals surface area contributed by atoms with Crippen molar-refractivity contribution in [2.24, 2.45) is 7.05 Å². The number of benzene rings is 2. The number of ether oxygens (including phenoxy) is 2. The van der Waals surface area contributed by atoms with E-state index in [-0.39, 0.29) is 5.91 Å². The molecule has 0 saturated heterocycles. The lowest BCUT2D eigenvalue weighted by atomic mass is 9.91. The van der Waals surface area contributed by atoms with Crippen LogP contribution in [0.1, 0.15) is 52.8 Å². The Bertz CT molecular complexity index is 999. The summed E-state index contributed by atoms with van der Waals surface area (Å²) in [5.74, 6) is 1.12. The molecule has 1 N–H and O–H groups in total. The zero-order chi connectivity index (χ0) is 23.0. The number of carbonyl (C=O) groups excluding carboxylic acids is 1. The van der Waals surface area contributed by atoms with Gasteiger partial charge in [-0.05, 0) is 43.7 Å². The third kappa shape index (κ3) is 5.33. The Kier molecular flexibility index (Phi) is 8.39. The summed E-state index contributed by atoms with van der Waals surface area (Å²) in [4.78, 5) is 16.9. The van der Waals surface area contributed by atoms with Crippen LogP contribution in [0.3, 0.4) is 0 Å². The van der Waals surface area contributed by atoms with E-state index >= 15 is 0 Å². The van der Waals surface area contributed by atoms with Crippen LogP contribution in [0, 0.1) is 0 Å². The second-order valence-electron chi connectivity index (χ2n) is 6.83. The third-order valence-electron chi connectivity index (χ3n) is 4.81. The van der Waals surface area contributed by atoms with Crippen molar-refractivity contribution in [1.82, 2.24) is 9.55 Å². The van der Waals surface area contributed by atoms with Crippen molar-refractivity contribution in [3.05, 3.63) is 72.3 Å². The molecule has 0 fully saturated rings. The van der Waals surface area contributed by atoms with Crippen molar-refractivity contribution in [2.45, 2.75) is 53.2 Å². The molecule has 1 aromatic heterocycles. The van der Waals surface area contributed by atoms with E-state index in [4.69, 9.17) is 9.47 Å². The Hall–Kier alpha value is -3.12. The fraction of sp³-hybridized carbons (Fsp3) is 0.360. The Labute approximate surface area is 185 Å². The summed E-state index contributed by atoms with van der Waals surface area (Å²) in [5, 5.41) is 2.89. The van der Waals surface area contributed by atoms with Gasteiger partial charge in [0.25, 0.3) is 5.91 Å². The van der Waals surface area contributed by atoms with Crippen LogP contribution in [-0.4, -0.2) is 21.6 Å². The van der Waals surface area contributed by atoms with Crippen LogP contribution < -0.4 is 10.1 Å².